The maximum absolute atomic E-state index is 13.9. The highest BCUT2D eigenvalue weighted by Crippen LogP contribution is 2.52. The van der Waals surface area contributed by atoms with Crippen molar-refractivity contribution in [1.29, 1.82) is 0 Å². The van der Waals surface area contributed by atoms with Gasteiger partial charge in [0.05, 0.1) is 35.2 Å². The van der Waals surface area contributed by atoms with Crippen LogP contribution in [0.5, 0.6) is 11.5 Å². The van der Waals surface area contributed by atoms with Crippen LogP contribution in [0.2, 0.25) is 0 Å². The number of phenolic OH excluding ortho intramolecular Hbond substituents is 1. The summed E-state index contributed by atoms with van der Waals surface area (Å²) >= 11 is 2.13. The predicted molar refractivity (Wildman–Crippen MR) is 176 cm³/mol. The molecular weight excluding hydrogens is 653 g/mol. The van der Waals surface area contributed by atoms with E-state index < -0.39 is 0 Å². The van der Waals surface area contributed by atoms with Crippen molar-refractivity contribution in [2.45, 2.75) is 77.4 Å². The number of carbonyl (C=O) groups excluding carboxylic acids is 2. The van der Waals surface area contributed by atoms with E-state index in [4.69, 9.17) is 9.47 Å². The zero-order chi connectivity index (χ0) is 30.2. The number of benzene rings is 2. The Bertz CT molecular complexity index is 1440. The Kier molecular flexibility index (Phi) is 9.01. The van der Waals surface area contributed by atoms with Gasteiger partial charge in [0.2, 0.25) is 11.8 Å². The first-order valence-corrected chi connectivity index (χ1v) is 16.9. The van der Waals surface area contributed by atoms with E-state index in [0.717, 1.165) is 53.2 Å². The van der Waals surface area contributed by atoms with Gasteiger partial charge in [-0.15, -0.1) is 0 Å². The van der Waals surface area contributed by atoms with Crippen LogP contribution in [0.25, 0.3) is 11.6 Å². The summed E-state index contributed by atoms with van der Waals surface area (Å²) in [6, 6.07) is 14.3. The molecule has 228 valence electrons. The molecule has 7 heteroatoms. The van der Waals surface area contributed by atoms with Gasteiger partial charge in [0.15, 0.2) is 11.5 Å². The topological polar surface area (TPSA) is 76.1 Å². The lowest BCUT2D eigenvalue weighted by Crippen LogP contribution is -2.42. The van der Waals surface area contributed by atoms with Crippen molar-refractivity contribution >= 4 is 46.1 Å². The second-order valence-electron chi connectivity index (χ2n) is 12.9. The molecule has 2 aliphatic heterocycles. The number of halogens is 1. The maximum atomic E-state index is 13.9. The first kappa shape index (κ1) is 30.4. The first-order chi connectivity index (χ1) is 20.8. The molecule has 43 heavy (non-hydrogen) atoms. The van der Waals surface area contributed by atoms with E-state index in [1.165, 1.54) is 23.1 Å². The van der Waals surface area contributed by atoms with Crippen LogP contribution in [-0.4, -0.2) is 47.7 Å². The quantitative estimate of drug-likeness (QED) is 0.133. The van der Waals surface area contributed by atoms with E-state index in [2.05, 4.69) is 54.6 Å². The van der Waals surface area contributed by atoms with Gasteiger partial charge >= 0.3 is 0 Å². The molecule has 2 heterocycles. The summed E-state index contributed by atoms with van der Waals surface area (Å²) in [4.78, 5) is 29.3. The number of likely N-dealkylation sites (tertiary alicyclic amines) is 1. The fraction of sp³-hybridized carbons (Fsp3) is 0.500. The first-order valence-electron chi connectivity index (χ1n) is 15.8. The minimum absolute atomic E-state index is 0.0155. The number of amides is 2. The van der Waals surface area contributed by atoms with E-state index in [0.29, 0.717) is 24.7 Å². The second-order valence-corrected chi connectivity index (χ2v) is 14.0. The molecule has 6 nitrogen and oxygen atoms in total. The van der Waals surface area contributed by atoms with E-state index in [9.17, 15) is 14.7 Å². The summed E-state index contributed by atoms with van der Waals surface area (Å²) in [5, 5.41) is 10.4. The lowest BCUT2D eigenvalue weighted by Gasteiger charge is -2.33. The Morgan fingerprint density at radius 1 is 1.09 bits per heavy atom. The van der Waals surface area contributed by atoms with Crippen molar-refractivity contribution in [2.24, 2.45) is 23.7 Å². The fourth-order valence-corrected chi connectivity index (χ4v) is 8.58. The zero-order valence-corrected chi connectivity index (χ0v) is 27.5. The molecule has 0 spiro atoms. The molecule has 0 radical (unpaired) electrons. The van der Waals surface area contributed by atoms with E-state index in [-0.39, 0.29) is 47.5 Å². The van der Waals surface area contributed by atoms with E-state index >= 15 is 0 Å². The van der Waals surface area contributed by atoms with Gasteiger partial charge in [-0.25, -0.2) is 0 Å². The molecule has 6 rings (SSSR count). The van der Waals surface area contributed by atoms with Crippen molar-refractivity contribution in [3.63, 3.8) is 0 Å². The summed E-state index contributed by atoms with van der Waals surface area (Å²) < 4.78 is 12.7. The van der Waals surface area contributed by atoms with Crippen LogP contribution in [0, 0.1) is 27.2 Å². The number of methoxy groups -OCH3 is 1. The summed E-state index contributed by atoms with van der Waals surface area (Å²) in [5.41, 5.74) is 5.89. The van der Waals surface area contributed by atoms with Crippen molar-refractivity contribution in [3.05, 3.63) is 68.3 Å². The van der Waals surface area contributed by atoms with Crippen LogP contribution in [0.3, 0.4) is 0 Å². The molecular formula is C36H42INO5. The summed E-state index contributed by atoms with van der Waals surface area (Å²) in [6.45, 7) is 4.93. The summed E-state index contributed by atoms with van der Waals surface area (Å²) in [7, 11) is 1.57. The monoisotopic (exact) mass is 695 g/mol. The number of aromatic hydroxyl groups is 1. The molecule has 2 aromatic carbocycles. The zero-order valence-electron chi connectivity index (χ0n) is 25.4. The van der Waals surface area contributed by atoms with Crippen LogP contribution in [0.4, 0.5) is 0 Å². The highest BCUT2D eigenvalue weighted by molar-refractivity contribution is 14.1. The standard InChI is InChI=1S/C36H42INO5/c1-21(2)26-19-27-33(36(41)38(35(27)40)25-12-8-5-9-13-25)28-20-43-30(32(26)28)15-14-24(23-10-6-4-7-11-23)16-22-17-29(37)34(39)31(18-22)42-3/h4,6-7,10-11,16-18,21,25,27-28,30,33,39H,5,8-9,12-15,19-20H2,1-3H3/b24-16-/t27-,28+,30-,33-/m1/s1. The van der Waals surface area contributed by atoms with Gasteiger partial charge in [0, 0.05) is 12.0 Å². The number of nitrogens with zero attached hydrogens (tertiary/aromatic N) is 1. The van der Waals surface area contributed by atoms with Gasteiger partial charge in [-0.1, -0.05) is 75.1 Å². The number of carbonyl (C=O) groups is 2. The molecule has 3 fully saturated rings. The predicted octanol–water partition coefficient (Wildman–Crippen LogP) is 7.63. The Hall–Kier alpha value is -2.65. The lowest BCUT2D eigenvalue weighted by molar-refractivity contribution is -0.143. The van der Waals surface area contributed by atoms with E-state index in [1.54, 1.807) is 12.0 Å². The average Bonchev–Trinajstić information content (AvgIpc) is 3.55. The van der Waals surface area contributed by atoms with Crippen LogP contribution >= 0.6 is 22.6 Å². The van der Waals surface area contributed by atoms with Gasteiger partial charge in [-0.3, -0.25) is 14.5 Å². The number of imide groups is 1. The third kappa shape index (κ3) is 5.79. The third-order valence-electron chi connectivity index (χ3n) is 10.0. The molecule has 1 saturated carbocycles. The number of allylic oxidation sites excluding steroid dienone is 2. The average molecular weight is 696 g/mol. The molecule has 1 N–H and O–H groups in total. The van der Waals surface area contributed by atoms with Crippen LogP contribution in [-0.2, 0) is 14.3 Å². The highest BCUT2D eigenvalue weighted by Gasteiger charge is 2.58. The lowest BCUT2D eigenvalue weighted by atomic mass is 9.67. The van der Waals surface area contributed by atoms with Crippen molar-refractivity contribution < 1.29 is 24.2 Å². The number of phenols is 1. The SMILES string of the molecule is COc1cc(/C=C(/CC[C@H]2OC[C@H]3C2=C(C(C)C)C[C@H]2C(=O)N(C4CCCCC4)C(=O)[C@H]23)c2ccccc2)cc(I)c1O. The van der Waals surface area contributed by atoms with Gasteiger partial charge < -0.3 is 14.6 Å². The van der Waals surface area contributed by atoms with Gasteiger partial charge in [0.1, 0.15) is 0 Å². The smallest absolute Gasteiger partial charge is 0.234 e. The summed E-state index contributed by atoms with van der Waals surface area (Å²) in [5.74, 6) is 0.477. The molecule has 2 amide bonds. The maximum Gasteiger partial charge on any atom is 0.234 e. The molecule has 0 bridgehead atoms. The van der Waals surface area contributed by atoms with E-state index in [1.807, 2.05) is 30.3 Å². The minimum Gasteiger partial charge on any atom is -0.504 e. The van der Waals surface area contributed by atoms with Gasteiger partial charge in [-0.05, 0) is 95.0 Å². The van der Waals surface area contributed by atoms with Crippen LogP contribution < -0.4 is 4.74 Å². The third-order valence-corrected chi connectivity index (χ3v) is 10.9. The molecule has 4 aliphatic rings. The molecule has 0 aromatic heterocycles. The van der Waals surface area contributed by atoms with Gasteiger partial charge in [-0.2, -0.15) is 0 Å². The number of ether oxygens (including phenoxy) is 2. The van der Waals surface area contributed by atoms with Crippen molar-refractivity contribution in [1.82, 2.24) is 4.90 Å². The molecule has 2 saturated heterocycles. The largest absolute Gasteiger partial charge is 0.504 e. The summed E-state index contributed by atoms with van der Waals surface area (Å²) in [6.07, 6.45) is 9.62. The fourth-order valence-electron chi connectivity index (χ4n) is 7.95. The number of rotatable bonds is 8. The van der Waals surface area contributed by atoms with Crippen LogP contribution in [0.15, 0.2) is 53.6 Å². The Labute approximate surface area is 268 Å². The molecule has 4 atom stereocenters. The highest BCUT2D eigenvalue weighted by atomic mass is 127. The normalized spacial score (nSPS) is 26.3. The number of hydrogen-bond donors (Lipinski definition) is 1. The van der Waals surface area contributed by atoms with Crippen LogP contribution in [0.1, 0.15) is 76.3 Å². The molecule has 2 aromatic rings. The number of fused-ring (bicyclic) bond motifs is 3. The van der Waals surface area contributed by atoms with Crippen molar-refractivity contribution in [2.75, 3.05) is 13.7 Å². The Morgan fingerprint density at radius 2 is 1.84 bits per heavy atom. The van der Waals surface area contributed by atoms with Gasteiger partial charge in [0.25, 0.3) is 0 Å². The Balaban J connectivity index is 1.28. The second kappa shape index (κ2) is 12.8. The minimum atomic E-state index is -0.285. The molecule has 2 aliphatic carbocycles. The number of hydrogen-bond acceptors (Lipinski definition) is 5. The Morgan fingerprint density at radius 3 is 2.53 bits per heavy atom. The molecule has 0 unspecified atom stereocenters. The van der Waals surface area contributed by atoms with Crippen molar-refractivity contribution in [3.8, 4) is 11.5 Å².